The summed E-state index contributed by atoms with van der Waals surface area (Å²) in [5, 5.41) is 11.7. The standard InChI is InChI=1S/C19H10Cl3FN2O4/c20-12-6-11(18(26)25-10-2-3-15(19(27)28)24-8-10)17(7-13(12)21)29-16-4-1-9(23)5-14(16)22/h1-8H,(H,25,26)(H,27,28). The van der Waals surface area contributed by atoms with Gasteiger partial charge in [-0.05, 0) is 36.4 Å². The minimum atomic E-state index is -1.20. The van der Waals surface area contributed by atoms with Crippen molar-refractivity contribution in [3.63, 3.8) is 0 Å². The molecule has 0 aliphatic heterocycles. The third-order valence-corrected chi connectivity index (χ3v) is 4.64. The van der Waals surface area contributed by atoms with Crippen molar-refractivity contribution < 1.29 is 23.8 Å². The molecule has 0 fully saturated rings. The normalized spacial score (nSPS) is 10.5. The van der Waals surface area contributed by atoms with Crippen molar-refractivity contribution in [2.45, 2.75) is 0 Å². The Labute approximate surface area is 178 Å². The highest BCUT2D eigenvalue weighted by Crippen LogP contribution is 2.36. The number of ether oxygens (including phenoxy) is 1. The van der Waals surface area contributed by atoms with Crippen LogP contribution in [0.5, 0.6) is 11.5 Å². The van der Waals surface area contributed by atoms with E-state index in [1.165, 1.54) is 36.5 Å². The number of anilines is 1. The zero-order valence-electron chi connectivity index (χ0n) is 14.2. The van der Waals surface area contributed by atoms with Crippen molar-refractivity contribution in [3.05, 3.63) is 80.8 Å². The van der Waals surface area contributed by atoms with Gasteiger partial charge in [0.15, 0.2) is 0 Å². The zero-order valence-corrected chi connectivity index (χ0v) is 16.5. The smallest absolute Gasteiger partial charge is 0.354 e. The molecule has 10 heteroatoms. The first-order valence-electron chi connectivity index (χ1n) is 7.87. The van der Waals surface area contributed by atoms with Gasteiger partial charge in [-0.15, -0.1) is 0 Å². The number of carbonyl (C=O) groups excluding carboxylic acids is 1. The molecule has 1 heterocycles. The van der Waals surface area contributed by atoms with Gasteiger partial charge in [0.2, 0.25) is 0 Å². The van der Waals surface area contributed by atoms with E-state index in [0.717, 1.165) is 12.1 Å². The number of carboxylic acids is 1. The number of benzene rings is 2. The van der Waals surface area contributed by atoms with E-state index >= 15 is 0 Å². The molecule has 0 aliphatic rings. The number of hydrogen-bond acceptors (Lipinski definition) is 4. The number of carboxylic acid groups (broad SMARTS) is 1. The number of aromatic carboxylic acids is 1. The number of hydrogen-bond donors (Lipinski definition) is 2. The number of aromatic nitrogens is 1. The predicted octanol–water partition coefficient (Wildman–Crippen LogP) is 5.92. The lowest BCUT2D eigenvalue weighted by molar-refractivity contribution is 0.0690. The fourth-order valence-electron chi connectivity index (χ4n) is 2.26. The third-order valence-electron chi connectivity index (χ3n) is 3.62. The molecule has 29 heavy (non-hydrogen) atoms. The van der Waals surface area contributed by atoms with Gasteiger partial charge in [0.1, 0.15) is 23.0 Å². The van der Waals surface area contributed by atoms with E-state index in [0.29, 0.717) is 0 Å². The molecule has 0 bridgehead atoms. The van der Waals surface area contributed by atoms with Gasteiger partial charge >= 0.3 is 5.97 Å². The van der Waals surface area contributed by atoms with Gasteiger partial charge in [-0.2, -0.15) is 0 Å². The molecule has 0 spiro atoms. The molecule has 0 aliphatic carbocycles. The monoisotopic (exact) mass is 454 g/mol. The summed E-state index contributed by atoms with van der Waals surface area (Å²) in [5.41, 5.74) is 0.0893. The van der Waals surface area contributed by atoms with Gasteiger partial charge in [0.05, 0.1) is 32.5 Å². The minimum absolute atomic E-state index is 0.00381. The molecule has 3 aromatic rings. The molecule has 0 unspecified atom stereocenters. The van der Waals surface area contributed by atoms with Crippen molar-refractivity contribution in [2.75, 3.05) is 5.32 Å². The maximum atomic E-state index is 13.2. The van der Waals surface area contributed by atoms with Gasteiger partial charge < -0.3 is 15.2 Å². The van der Waals surface area contributed by atoms with E-state index in [1.807, 2.05) is 0 Å². The molecule has 148 valence electrons. The van der Waals surface area contributed by atoms with Crippen molar-refractivity contribution in [1.29, 1.82) is 0 Å². The molecule has 0 radical (unpaired) electrons. The van der Waals surface area contributed by atoms with Crippen LogP contribution in [0.25, 0.3) is 0 Å². The lowest BCUT2D eigenvalue weighted by Crippen LogP contribution is -2.14. The maximum absolute atomic E-state index is 13.2. The van der Waals surface area contributed by atoms with E-state index in [1.54, 1.807) is 0 Å². The lowest BCUT2D eigenvalue weighted by atomic mass is 10.1. The van der Waals surface area contributed by atoms with Crippen LogP contribution in [0, 0.1) is 5.82 Å². The van der Waals surface area contributed by atoms with Crippen LogP contribution in [-0.4, -0.2) is 22.0 Å². The van der Waals surface area contributed by atoms with E-state index in [4.69, 9.17) is 44.6 Å². The molecule has 6 nitrogen and oxygen atoms in total. The molecule has 0 saturated heterocycles. The van der Waals surface area contributed by atoms with Crippen LogP contribution in [-0.2, 0) is 0 Å². The van der Waals surface area contributed by atoms with Crippen LogP contribution < -0.4 is 10.1 Å². The zero-order chi connectivity index (χ0) is 21.1. The highest BCUT2D eigenvalue weighted by atomic mass is 35.5. The topological polar surface area (TPSA) is 88.5 Å². The van der Waals surface area contributed by atoms with E-state index < -0.39 is 17.7 Å². The van der Waals surface area contributed by atoms with Gasteiger partial charge in [0, 0.05) is 6.07 Å². The summed E-state index contributed by atoms with van der Waals surface area (Å²) >= 11 is 18.0. The second-order valence-electron chi connectivity index (χ2n) is 5.63. The van der Waals surface area contributed by atoms with Crippen LogP contribution in [0.4, 0.5) is 10.1 Å². The molecule has 1 aromatic heterocycles. The molecule has 2 N–H and O–H groups in total. The summed E-state index contributed by atoms with van der Waals surface area (Å²) in [6, 6.07) is 8.75. The van der Waals surface area contributed by atoms with E-state index in [-0.39, 0.29) is 43.5 Å². The summed E-state index contributed by atoms with van der Waals surface area (Å²) in [5.74, 6) is -2.24. The number of pyridine rings is 1. The molecular weight excluding hydrogens is 446 g/mol. The summed E-state index contributed by atoms with van der Waals surface area (Å²) in [6.07, 6.45) is 1.19. The van der Waals surface area contributed by atoms with Gasteiger partial charge in [-0.25, -0.2) is 14.2 Å². The van der Waals surface area contributed by atoms with Crippen molar-refractivity contribution in [2.24, 2.45) is 0 Å². The van der Waals surface area contributed by atoms with Crippen molar-refractivity contribution in [3.8, 4) is 11.5 Å². The highest BCUT2D eigenvalue weighted by molar-refractivity contribution is 6.42. The first-order chi connectivity index (χ1) is 13.7. The average Bonchev–Trinajstić information content (AvgIpc) is 2.67. The molecule has 0 atom stereocenters. The Morgan fingerprint density at radius 3 is 2.31 bits per heavy atom. The minimum Gasteiger partial charge on any atom is -0.477 e. The van der Waals surface area contributed by atoms with Crippen LogP contribution in [0.2, 0.25) is 15.1 Å². The second kappa shape index (κ2) is 8.65. The molecular formula is C19H10Cl3FN2O4. The molecule has 3 rings (SSSR count). The Morgan fingerprint density at radius 1 is 0.966 bits per heavy atom. The fourth-order valence-corrected chi connectivity index (χ4v) is 2.78. The van der Waals surface area contributed by atoms with E-state index in [2.05, 4.69) is 10.3 Å². The Kier molecular flexibility index (Phi) is 6.22. The van der Waals surface area contributed by atoms with Crippen LogP contribution in [0.3, 0.4) is 0 Å². The number of carbonyl (C=O) groups is 2. The molecule has 2 aromatic carbocycles. The summed E-state index contributed by atoms with van der Waals surface area (Å²) < 4.78 is 18.9. The van der Waals surface area contributed by atoms with Crippen LogP contribution in [0.1, 0.15) is 20.8 Å². The first-order valence-corrected chi connectivity index (χ1v) is 9.00. The van der Waals surface area contributed by atoms with Gasteiger partial charge in [-0.1, -0.05) is 34.8 Å². The number of rotatable bonds is 5. The van der Waals surface area contributed by atoms with Crippen molar-refractivity contribution >= 4 is 52.4 Å². The predicted molar refractivity (Wildman–Crippen MR) is 107 cm³/mol. The maximum Gasteiger partial charge on any atom is 0.354 e. The van der Waals surface area contributed by atoms with Gasteiger partial charge in [-0.3, -0.25) is 4.79 Å². The summed E-state index contributed by atoms with van der Waals surface area (Å²) in [4.78, 5) is 27.3. The fraction of sp³-hybridized carbons (Fsp3) is 0. The van der Waals surface area contributed by atoms with Crippen LogP contribution >= 0.6 is 34.8 Å². The first kappa shape index (κ1) is 20.9. The van der Waals surface area contributed by atoms with Gasteiger partial charge in [0.25, 0.3) is 5.91 Å². The Balaban J connectivity index is 1.92. The quantitative estimate of drug-likeness (QED) is 0.498. The number of amides is 1. The highest BCUT2D eigenvalue weighted by Gasteiger charge is 2.18. The second-order valence-corrected chi connectivity index (χ2v) is 6.85. The average molecular weight is 456 g/mol. The third kappa shape index (κ3) is 4.95. The Morgan fingerprint density at radius 2 is 1.69 bits per heavy atom. The Bertz CT molecular complexity index is 1110. The molecule has 1 amide bonds. The summed E-state index contributed by atoms with van der Waals surface area (Å²) in [6.45, 7) is 0. The summed E-state index contributed by atoms with van der Waals surface area (Å²) in [7, 11) is 0. The van der Waals surface area contributed by atoms with E-state index in [9.17, 15) is 14.0 Å². The number of nitrogens with zero attached hydrogens (tertiary/aromatic N) is 1. The number of nitrogens with one attached hydrogen (secondary N) is 1. The largest absolute Gasteiger partial charge is 0.477 e. The van der Waals surface area contributed by atoms with Crippen LogP contribution in [0.15, 0.2) is 48.7 Å². The lowest BCUT2D eigenvalue weighted by Gasteiger charge is -2.14. The van der Waals surface area contributed by atoms with Crippen molar-refractivity contribution in [1.82, 2.24) is 4.98 Å². The molecule has 0 saturated carbocycles. The number of halogens is 4. The SMILES string of the molecule is O=C(O)c1ccc(NC(=O)c2cc(Cl)c(Cl)cc2Oc2ccc(F)cc2Cl)cn1. The Hall–Kier alpha value is -2.87.